The topological polar surface area (TPSA) is 37.8 Å². The Balaban J connectivity index is 2.78. The van der Waals surface area contributed by atoms with E-state index in [9.17, 15) is 0 Å². The van der Waals surface area contributed by atoms with Crippen molar-refractivity contribution in [1.29, 1.82) is 0 Å². The van der Waals surface area contributed by atoms with Crippen LogP contribution in [-0.4, -0.2) is 16.5 Å². The van der Waals surface area contributed by atoms with Gasteiger partial charge in [-0.15, -0.1) is 0 Å². The van der Waals surface area contributed by atoms with Gasteiger partial charge in [0.2, 0.25) is 0 Å². The lowest BCUT2D eigenvalue weighted by Crippen LogP contribution is -2.30. The molecule has 90 valence electrons. The molecule has 0 aliphatic carbocycles. The first-order valence-electron chi connectivity index (χ1n) is 6.33. The highest BCUT2D eigenvalue weighted by Crippen LogP contribution is 2.24. The Morgan fingerprint density at radius 1 is 1.12 bits per heavy atom. The van der Waals surface area contributed by atoms with Crippen LogP contribution in [0.4, 0.5) is 0 Å². The summed E-state index contributed by atoms with van der Waals surface area (Å²) in [6, 6.07) is 2.17. The van der Waals surface area contributed by atoms with Gasteiger partial charge in [0.1, 0.15) is 5.82 Å². The third-order valence-electron chi connectivity index (χ3n) is 3.00. The predicted molar refractivity (Wildman–Crippen MR) is 67.1 cm³/mol. The van der Waals surface area contributed by atoms with Crippen LogP contribution >= 0.6 is 0 Å². The van der Waals surface area contributed by atoms with Gasteiger partial charge in [-0.1, -0.05) is 33.6 Å². The molecule has 0 fully saturated rings. The predicted octanol–water partition coefficient (Wildman–Crippen LogP) is 2.95. The van der Waals surface area contributed by atoms with Crippen LogP contribution in [0.5, 0.6) is 0 Å². The summed E-state index contributed by atoms with van der Waals surface area (Å²) in [6.45, 7) is 7.68. The molecule has 0 bridgehead atoms. The van der Waals surface area contributed by atoms with Crippen LogP contribution in [0.2, 0.25) is 0 Å². The first-order chi connectivity index (χ1) is 7.83. The van der Waals surface area contributed by atoms with Gasteiger partial charge in [0, 0.05) is 12.4 Å². The molecule has 1 rings (SSSR count). The number of rotatable bonds is 7. The fourth-order valence-corrected chi connectivity index (χ4v) is 2.00. The van der Waals surface area contributed by atoms with Crippen LogP contribution in [0, 0.1) is 5.92 Å². The van der Waals surface area contributed by atoms with Gasteiger partial charge in [-0.25, -0.2) is 9.97 Å². The van der Waals surface area contributed by atoms with Crippen LogP contribution in [0.25, 0.3) is 0 Å². The van der Waals surface area contributed by atoms with Crippen molar-refractivity contribution in [3.05, 3.63) is 24.3 Å². The normalized spacial score (nSPS) is 13.0. The molecule has 1 atom stereocenters. The van der Waals surface area contributed by atoms with E-state index < -0.39 is 0 Å². The number of nitrogens with zero attached hydrogens (tertiary/aromatic N) is 2. The van der Waals surface area contributed by atoms with E-state index in [0.29, 0.717) is 12.0 Å². The van der Waals surface area contributed by atoms with Crippen LogP contribution in [-0.2, 0) is 0 Å². The molecule has 1 heterocycles. The molecule has 0 spiro atoms. The molecule has 0 aliphatic heterocycles. The fourth-order valence-electron chi connectivity index (χ4n) is 2.00. The molecular formula is C13H23N3. The van der Waals surface area contributed by atoms with Gasteiger partial charge in [0.05, 0.1) is 6.04 Å². The van der Waals surface area contributed by atoms with Crippen molar-refractivity contribution in [3.63, 3.8) is 0 Å². The van der Waals surface area contributed by atoms with Crippen molar-refractivity contribution in [1.82, 2.24) is 15.3 Å². The quantitative estimate of drug-likeness (QED) is 0.769. The number of hydrogen-bond donors (Lipinski definition) is 1. The van der Waals surface area contributed by atoms with Crippen molar-refractivity contribution < 1.29 is 0 Å². The molecule has 0 radical (unpaired) electrons. The zero-order chi connectivity index (χ0) is 11.8. The fraction of sp³-hybridized carbons (Fsp3) is 0.692. The Morgan fingerprint density at radius 2 is 1.75 bits per heavy atom. The maximum atomic E-state index is 4.38. The minimum Gasteiger partial charge on any atom is -0.307 e. The summed E-state index contributed by atoms with van der Waals surface area (Å²) in [4.78, 5) is 8.75. The van der Waals surface area contributed by atoms with E-state index in [2.05, 4.69) is 36.1 Å². The number of hydrogen-bond acceptors (Lipinski definition) is 3. The monoisotopic (exact) mass is 221 g/mol. The summed E-state index contributed by atoms with van der Waals surface area (Å²) in [5, 5.41) is 3.56. The van der Waals surface area contributed by atoms with Crippen molar-refractivity contribution in [2.75, 3.05) is 6.54 Å². The Hall–Kier alpha value is -0.960. The molecular weight excluding hydrogens is 198 g/mol. The molecule has 0 amide bonds. The highest BCUT2D eigenvalue weighted by Gasteiger charge is 2.21. The molecule has 0 saturated carbocycles. The Bertz CT molecular complexity index is 270. The summed E-state index contributed by atoms with van der Waals surface area (Å²) in [6.07, 6.45) is 7.12. The Kier molecular flexibility index (Phi) is 6.01. The Labute approximate surface area is 98.7 Å². The maximum absolute atomic E-state index is 4.38. The lowest BCUT2D eigenvalue weighted by Gasteiger charge is -2.24. The molecule has 0 aliphatic rings. The molecule has 0 aromatic carbocycles. The summed E-state index contributed by atoms with van der Waals surface area (Å²) < 4.78 is 0. The van der Waals surface area contributed by atoms with Gasteiger partial charge in [-0.05, 0) is 24.9 Å². The van der Waals surface area contributed by atoms with E-state index in [0.717, 1.165) is 31.6 Å². The highest BCUT2D eigenvalue weighted by atomic mass is 15.0. The Morgan fingerprint density at radius 3 is 2.25 bits per heavy atom. The molecule has 1 unspecified atom stereocenters. The average Bonchev–Trinajstić information content (AvgIpc) is 2.35. The average molecular weight is 221 g/mol. The van der Waals surface area contributed by atoms with Gasteiger partial charge >= 0.3 is 0 Å². The molecule has 1 N–H and O–H groups in total. The molecule has 1 aromatic heterocycles. The molecule has 0 saturated heterocycles. The van der Waals surface area contributed by atoms with E-state index in [-0.39, 0.29) is 0 Å². The minimum absolute atomic E-state index is 0.302. The van der Waals surface area contributed by atoms with Gasteiger partial charge in [-0.2, -0.15) is 0 Å². The van der Waals surface area contributed by atoms with Crippen LogP contribution in [0.3, 0.4) is 0 Å². The van der Waals surface area contributed by atoms with Crippen molar-refractivity contribution in [2.45, 2.75) is 46.1 Å². The number of aromatic nitrogens is 2. The second kappa shape index (κ2) is 7.34. The van der Waals surface area contributed by atoms with E-state index in [1.165, 1.54) is 0 Å². The second-order valence-electron chi connectivity index (χ2n) is 4.12. The summed E-state index contributed by atoms with van der Waals surface area (Å²) in [5.74, 6) is 1.55. The van der Waals surface area contributed by atoms with Gasteiger partial charge in [0.25, 0.3) is 0 Å². The SMILES string of the molecule is CCCNC(c1ncccn1)C(CC)CC. The lowest BCUT2D eigenvalue weighted by atomic mass is 9.93. The first kappa shape index (κ1) is 13.1. The van der Waals surface area contributed by atoms with Gasteiger partial charge in [0.15, 0.2) is 0 Å². The van der Waals surface area contributed by atoms with Crippen molar-refractivity contribution >= 4 is 0 Å². The van der Waals surface area contributed by atoms with E-state index in [4.69, 9.17) is 0 Å². The zero-order valence-corrected chi connectivity index (χ0v) is 10.6. The standard InChI is InChI=1S/C13H23N3/c1-4-8-14-12(11(5-2)6-3)13-15-9-7-10-16-13/h7,9-12,14H,4-6,8H2,1-3H3. The number of nitrogens with one attached hydrogen (secondary N) is 1. The summed E-state index contributed by atoms with van der Waals surface area (Å²) in [7, 11) is 0. The third kappa shape index (κ3) is 3.56. The highest BCUT2D eigenvalue weighted by molar-refractivity contribution is 4.98. The van der Waals surface area contributed by atoms with Crippen molar-refractivity contribution in [3.8, 4) is 0 Å². The largest absolute Gasteiger partial charge is 0.307 e. The first-order valence-corrected chi connectivity index (χ1v) is 6.33. The summed E-state index contributed by atoms with van der Waals surface area (Å²) in [5.41, 5.74) is 0. The smallest absolute Gasteiger partial charge is 0.145 e. The molecule has 3 nitrogen and oxygen atoms in total. The van der Waals surface area contributed by atoms with Crippen LogP contribution in [0.1, 0.15) is 51.9 Å². The zero-order valence-electron chi connectivity index (χ0n) is 10.6. The third-order valence-corrected chi connectivity index (χ3v) is 3.00. The van der Waals surface area contributed by atoms with Crippen LogP contribution < -0.4 is 5.32 Å². The van der Waals surface area contributed by atoms with Gasteiger partial charge < -0.3 is 5.32 Å². The van der Waals surface area contributed by atoms with E-state index in [1.807, 2.05) is 18.5 Å². The van der Waals surface area contributed by atoms with Gasteiger partial charge in [-0.3, -0.25) is 0 Å². The summed E-state index contributed by atoms with van der Waals surface area (Å²) >= 11 is 0. The molecule has 16 heavy (non-hydrogen) atoms. The van der Waals surface area contributed by atoms with E-state index in [1.54, 1.807) is 0 Å². The molecule has 1 aromatic rings. The van der Waals surface area contributed by atoms with Crippen LogP contribution in [0.15, 0.2) is 18.5 Å². The van der Waals surface area contributed by atoms with E-state index >= 15 is 0 Å². The van der Waals surface area contributed by atoms with Crippen molar-refractivity contribution in [2.24, 2.45) is 5.92 Å². The lowest BCUT2D eigenvalue weighted by molar-refractivity contribution is 0.328. The minimum atomic E-state index is 0.302. The second-order valence-corrected chi connectivity index (χ2v) is 4.12. The molecule has 3 heteroatoms. The maximum Gasteiger partial charge on any atom is 0.145 e.